The van der Waals surface area contributed by atoms with Crippen molar-refractivity contribution in [2.45, 2.75) is 36.8 Å². The molecule has 1 heterocycles. The van der Waals surface area contributed by atoms with Gasteiger partial charge in [0.05, 0.1) is 11.4 Å². The monoisotopic (exact) mass is 392 g/mol. The van der Waals surface area contributed by atoms with Crippen molar-refractivity contribution < 1.29 is 4.79 Å². The lowest BCUT2D eigenvalue weighted by molar-refractivity contribution is -0.118. The third-order valence-corrected chi connectivity index (χ3v) is 5.70. The van der Waals surface area contributed by atoms with Gasteiger partial charge in [-0.25, -0.2) is 9.67 Å². The average Bonchev–Trinajstić information content (AvgIpc) is 3.51. The molecule has 0 unspecified atom stereocenters. The number of thioether (sulfide) groups is 1. The number of aromatic nitrogens is 3. The highest BCUT2D eigenvalue weighted by Crippen LogP contribution is 2.40. The highest BCUT2D eigenvalue weighted by Gasteiger charge is 2.30. The van der Waals surface area contributed by atoms with Crippen LogP contribution in [-0.4, -0.2) is 33.0 Å². The van der Waals surface area contributed by atoms with Crippen molar-refractivity contribution in [2.75, 3.05) is 12.3 Å². The zero-order valence-corrected chi connectivity index (χ0v) is 16.7. The van der Waals surface area contributed by atoms with Gasteiger partial charge in [0.25, 0.3) is 0 Å². The standard InChI is InChI=1S/C22H24N4OS/c1-16(17-8-4-2-5-9-17)14-23-20(27)15-28-22-24-21(18-12-13-18)26(25-22)19-10-6-3-7-11-19/h2-11,16,18H,12-15H2,1H3,(H,23,27)/t16-/m1/s1. The zero-order valence-electron chi connectivity index (χ0n) is 15.9. The van der Waals surface area contributed by atoms with E-state index >= 15 is 0 Å². The van der Waals surface area contributed by atoms with Crippen LogP contribution in [0.3, 0.4) is 0 Å². The third kappa shape index (κ3) is 4.62. The van der Waals surface area contributed by atoms with Crippen molar-refractivity contribution in [1.29, 1.82) is 0 Å². The van der Waals surface area contributed by atoms with Crippen LogP contribution in [0.25, 0.3) is 5.69 Å². The van der Waals surface area contributed by atoms with Gasteiger partial charge in [0.2, 0.25) is 11.1 Å². The first-order valence-electron chi connectivity index (χ1n) is 9.67. The van der Waals surface area contributed by atoms with E-state index in [1.807, 2.05) is 53.2 Å². The van der Waals surface area contributed by atoms with E-state index < -0.39 is 0 Å². The van der Waals surface area contributed by atoms with E-state index in [0.717, 1.165) is 24.4 Å². The predicted octanol–water partition coefficient (Wildman–Crippen LogP) is 4.16. The molecule has 0 spiro atoms. The van der Waals surface area contributed by atoms with Gasteiger partial charge in [-0.2, -0.15) is 0 Å². The molecule has 2 aromatic carbocycles. The Kier molecular flexibility index (Phi) is 5.76. The van der Waals surface area contributed by atoms with Crippen LogP contribution in [-0.2, 0) is 4.79 Å². The Morgan fingerprint density at radius 1 is 1.14 bits per heavy atom. The van der Waals surface area contributed by atoms with Crippen LogP contribution in [0.4, 0.5) is 0 Å². The molecule has 1 fully saturated rings. The fourth-order valence-corrected chi connectivity index (χ4v) is 3.74. The molecule has 1 saturated carbocycles. The topological polar surface area (TPSA) is 59.8 Å². The Hall–Kier alpha value is -2.60. The lowest BCUT2D eigenvalue weighted by atomic mass is 10.0. The summed E-state index contributed by atoms with van der Waals surface area (Å²) >= 11 is 1.40. The molecule has 1 atom stereocenters. The van der Waals surface area contributed by atoms with Crippen LogP contribution in [0, 0.1) is 0 Å². The number of benzene rings is 2. The molecule has 1 aliphatic carbocycles. The number of nitrogens with one attached hydrogen (secondary N) is 1. The molecule has 0 saturated heterocycles. The molecule has 0 bridgehead atoms. The number of hydrogen-bond acceptors (Lipinski definition) is 4. The third-order valence-electron chi connectivity index (χ3n) is 4.86. The second-order valence-electron chi connectivity index (χ2n) is 7.18. The van der Waals surface area contributed by atoms with Crippen molar-refractivity contribution >= 4 is 17.7 Å². The van der Waals surface area contributed by atoms with Gasteiger partial charge in [-0.3, -0.25) is 4.79 Å². The lowest BCUT2D eigenvalue weighted by Crippen LogP contribution is -2.29. The van der Waals surface area contributed by atoms with Crippen molar-refractivity contribution in [3.05, 3.63) is 72.1 Å². The fraction of sp³-hybridized carbons (Fsp3) is 0.318. The first-order chi connectivity index (χ1) is 13.7. The SMILES string of the molecule is C[C@H](CNC(=O)CSc1nc(C2CC2)n(-c2ccccc2)n1)c1ccccc1. The highest BCUT2D eigenvalue weighted by atomic mass is 32.2. The quantitative estimate of drug-likeness (QED) is 0.585. The molecule has 1 aliphatic rings. The summed E-state index contributed by atoms with van der Waals surface area (Å²) in [6, 6.07) is 20.3. The second kappa shape index (κ2) is 8.61. The summed E-state index contributed by atoms with van der Waals surface area (Å²) in [6.07, 6.45) is 2.32. The van der Waals surface area contributed by atoms with Gasteiger partial charge >= 0.3 is 0 Å². The van der Waals surface area contributed by atoms with Gasteiger partial charge in [0.15, 0.2) is 0 Å². The maximum Gasteiger partial charge on any atom is 0.230 e. The summed E-state index contributed by atoms with van der Waals surface area (Å²) in [5, 5.41) is 8.33. The van der Waals surface area contributed by atoms with Gasteiger partial charge in [0.1, 0.15) is 5.82 Å². The van der Waals surface area contributed by atoms with E-state index in [-0.39, 0.29) is 11.8 Å². The fourth-order valence-electron chi connectivity index (χ4n) is 3.08. The summed E-state index contributed by atoms with van der Waals surface area (Å²) in [7, 11) is 0. The lowest BCUT2D eigenvalue weighted by Gasteiger charge is -2.12. The minimum atomic E-state index is 0.0109. The van der Waals surface area contributed by atoms with Crippen LogP contribution in [0.2, 0.25) is 0 Å². The average molecular weight is 393 g/mol. The maximum atomic E-state index is 12.3. The Labute approximate surface area is 169 Å². The van der Waals surface area contributed by atoms with Crippen LogP contribution in [0.1, 0.15) is 43.0 Å². The van der Waals surface area contributed by atoms with Crippen molar-refractivity contribution in [3.8, 4) is 5.69 Å². The summed E-state index contributed by atoms with van der Waals surface area (Å²) in [5.74, 6) is 2.11. The van der Waals surface area contributed by atoms with E-state index in [0.29, 0.717) is 23.4 Å². The van der Waals surface area contributed by atoms with Crippen LogP contribution in [0.5, 0.6) is 0 Å². The molecule has 0 aliphatic heterocycles. The summed E-state index contributed by atoms with van der Waals surface area (Å²) in [4.78, 5) is 17.0. The smallest absolute Gasteiger partial charge is 0.230 e. The summed E-state index contributed by atoms with van der Waals surface area (Å²) < 4.78 is 1.93. The Morgan fingerprint density at radius 3 is 2.50 bits per heavy atom. The van der Waals surface area contributed by atoms with Gasteiger partial charge < -0.3 is 5.32 Å². The maximum absolute atomic E-state index is 12.3. The molecular formula is C22H24N4OS. The number of hydrogen-bond donors (Lipinski definition) is 1. The van der Waals surface area contributed by atoms with E-state index in [2.05, 4.69) is 29.5 Å². The number of nitrogens with zero attached hydrogens (tertiary/aromatic N) is 3. The van der Waals surface area contributed by atoms with E-state index in [1.165, 1.54) is 17.3 Å². The molecule has 1 aromatic heterocycles. The van der Waals surface area contributed by atoms with Crippen molar-refractivity contribution in [2.24, 2.45) is 0 Å². The van der Waals surface area contributed by atoms with Gasteiger partial charge in [-0.05, 0) is 36.5 Å². The van der Waals surface area contributed by atoms with Crippen molar-refractivity contribution in [3.63, 3.8) is 0 Å². The Morgan fingerprint density at radius 2 is 1.82 bits per heavy atom. The summed E-state index contributed by atoms with van der Waals surface area (Å²) in [5.41, 5.74) is 2.25. The minimum absolute atomic E-state index is 0.0109. The highest BCUT2D eigenvalue weighted by molar-refractivity contribution is 7.99. The number of carbonyl (C=O) groups excluding carboxylic acids is 1. The van der Waals surface area contributed by atoms with Crippen molar-refractivity contribution in [1.82, 2.24) is 20.1 Å². The molecule has 144 valence electrons. The number of amides is 1. The molecule has 6 heteroatoms. The van der Waals surface area contributed by atoms with Gasteiger partial charge in [0, 0.05) is 12.5 Å². The molecule has 3 aromatic rings. The molecule has 5 nitrogen and oxygen atoms in total. The Bertz CT molecular complexity index is 922. The molecular weight excluding hydrogens is 368 g/mol. The van der Waals surface area contributed by atoms with Gasteiger partial charge in [-0.15, -0.1) is 5.10 Å². The van der Waals surface area contributed by atoms with Crippen LogP contribution < -0.4 is 5.32 Å². The second-order valence-corrected chi connectivity index (χ2v) is 8.12. The first kappa shape index (κ1) is 18.7. The Balaban J connectivity index is 1.34. The van der Waals surface area contributed by atoms with E-state index in [1.54, 1.807) is 0 Å². The summed E-state index contributed by atoms with van der Waals surface area (Å²) in [6.45, 7) is 2.75. The zero-order chi connectivity index (χ0) is 19.3. The first-order valence-corrected chi connectivity index (χ1v) is 10.7. The normalized spacial score (nSPS) is 14.6. The van der Waals surface area contributed by atoms with E-state index in [9.17, 15) is 4.79 Å². The number of rotatable bonds is 8. The molecule has 0 radical (unpaired) electrons. The number of carbonyl (C=O) groups is 1. The molecule has 1 amide bonds. The molecule has 28 heavy (non-hydrogen) atoms. The van der Waals surface area contributed by atoms with E-state index in [4.69, 9.17) is 4.98 Å². The van der Waals surface area contributed by atoms with Gasteiger partial charge in [-0.1, -0.05) is 67.2 Å². The van der Waals surface area contributed by atoms with Crippen LogP contribution >= 0.6 is 11.8 Å². The predicted molar refractivity (Wildman–Crippen MR) is 112 cm³/mol. The number of para-hydroxylation sites is 1. The van der Waals surface area contributed by atoms with Crippen LogP contribution in [0.15, 0.2) is 65.8 Å². The molecule has 4 rings (SSSR count). The minimum Gasteiger partial charge on any atom is -0.355 e. The molecule has 1 N–H and O–H groups in total. The largest absolute Gasteiger partial charge is 0.355 e.